The highest BCUT2D eigenvalue weighted by Crippen LogP contribution is 2.12. The number of likely N-dealkylation sites (tertiary alicyclic amines) is 1. The van der Waals surface area contributed by atoms with E-state index in [4.69, 9.17) is 0 Å². The van der Waals surface area contributed by atoms with Crippen molar-refractivity contribution in [1.82, 2.24) is 10.2 Å². The number of amides is 2. The summed E-state index contributed by atoms with van der Waals surface area (Å²) in [6.07, 6.45) is 13.0. The predicted molar refractivity (Wildman–Crippen MR) is 86.0 cm³/mol. The van der Waals surface area contributed by atoms with Crippen LogP contribution in [0.3, 0.4) is 0 Å². The van der Waals surface area contributed by atoms with E-state index in [1.807, 2.05) is 0 Å². The van der Waals surface area contributed by atoms with Gasteiger partial charge in [0.1, 0.15) is 0 Å². The molecule has 0 aliphatic carbocycles. The maximum atomic E-state index is 11.7. The quantitative estimate of drug-likeness (QED) is 0.419. The lowest BCUT2D eigenvalue weighted by Gasteiger charge is -2.36. The van der Waals surface area contributed by atoms with Crippen LogP contribution >= 0.6 is 0 Å². The summed E-state index contributed by atoms with van der Waals surface area (Å²) in [5.41, 5.74) is 0. The van der Waals surface area contributed by atoms with Gasteiger partial charge in [-0.15, -0.1) is 0 Å². The molecule has 122 valence electrons. The second-order valence-electron chi connectivity index (χ2n) is 6.31. The number of hydrogen-bond donors (Lipinski definition) is 1. The highest BCUT2D eigenvalue weighted by molar-refractivity contribution is 5.75. The molecule has 0 radical (unpaired) electrons. The number of carbonyl (C=O) groups is 2. The number of carbonyl (C=O) groups excluding carboxylic acids is 2. The van der Waals surface area contributed by atoms with Gasteiger partial charge in [-0.25, -0.2) is 0 Å². The molecular formula is C17H32N2O2. The van der Waals surface area contributed by atoms with Gasteiger partial charge in [0.25, 0.3) is 0 Å². The SMILES string of the molecule is CCCCCCCCCCCC(=O)NCC1CN(C=O)C1. The van der Waals surface area contributed by atoms with Crippen molar-refractivity contribution in [2.75, 3.05) is 19.6 Å². The van der Waals surface area contributed by atoms with Crippen molar-refractivity contribution in [3.63, 3.8) is 0 Å². The molecule has 1 aliphatic rings. The summed E-state index contributed by atoms with van der Waals surface area (Å²) in [5, 5.41) is 2.97. The average molecular weight is 296 g/mol. The molecule has 1 N–H and O–H groups in total. The zero-order valence-electron chi connectivity index (χ0n) is 13.6. The van der Waals surface area contributed by atoms with Crippen LogP contribution in [0.4, 0.5) is 0 Å². The molecule has 2 amide bonds. The number of nitrogens with zero attached hydrogens (tertiary/aromatic N) is 1. The van der Waals surface area contributed by atoms with Gasteiger partial charge in [0.2, 0.25) is 12.3 Å². The molecule has 0 aromatic rings. The fourth-order valence-corrected chi connectivity index (χ4v) is 2.77. The van der Waals surface area contributed by atoms with E-state index in [1.165, 1.54) is 51.4 Å². The van der Waals surface area contributed by atoms with Crippen LogP contribution in [0.2, 0.25) is 0 Å². The van der Waals surface area contributed by atoms with Crippen molar-refractivity contribution in [3.05, 3.63) is 0 Å². The van der Waals surface area contributed by atoms with E-state index in [1.54, 1.807) is 4.90 Å². The normalized spacial score (nSPS) is 14.8. The summed E-state index contributed by atoms with van der Waals surface area (Å²) in [4.78, 5) is 23.8. The minimum Gasteiger partial charge on any atom is -0.356 e. The smallest absolute Gasteiger partial charge is 0.220 e. The van der Waals surface area contributed by atoms with E-state index in [9.17, 15) is 9.59 Å². The molecule has 21 heavy (non-hydrogen) atoms. The monoisotopic (exact) mass is 296 g/mol. The van der Waals surface area contributed by atoms with Crippen molar-refractivity contribution >= 4 is 12.3 Å². The fourth-order valence-electron chi connectivity index (χ4n) is 2.77. The van der Waals surface area contributed by atoms with Crippen LogP contribution in [0.5, 0.6) is 0 Å². The van der Waals surface area contributed by atoms with Gasteiger partial charge in [-0.1, -0.05) is 58.3 Å². The Morgan fingerprint density at radius 1 is 1.05 bits per heavy atom. The van der Waals surface area contributed by atoms with Gasteiger partial charge in [0, 0.05) is 32.0 Å². The molecule has 0 atom stereocenters. The van der Waals surface area contributed by atoms with Gasteiger partial charge < -0.3 is 10.2 Å². The van der Waals surface area contributed by atoms with Crippen LogP contribution in [0.1, 0.15) is 71.1 Å². The molecule has 4 nitrogen and oxygen atoms in total. The van der Waals surface area contributed by atoms with Crippen LogP contribution in [-0.2, 0) is 9.59 Å². The van der Waals surface area contributed by atoms with Crippen LogP contribution in [-0.4, -0.2) is 36.9 Å². The van der Waals surface area contributed by atoms with Crippen molar-refractivity contribution in [3.8, 4) is 0 Å². The number of hydrogen-bond acceptors (Lipinski definition) is 2. The molecule has 1 rings (SSSR count). The minimum absolute atomic E-state index is 0.169. The molecule has 1 fully saturated rings. The maximum absolute atomic E-state index is 11.7. The average Bonchev–Trinajstić information content (AvgIpc) is 2.44. The lowest BCUT2D eigenvalue weighted by molar-refractivity contribution is -0.124. The summed E-state index contributed by atoms with van der Waals surface area (Å²) in [6, 6.07) is 0. The van der Waals surface area contributed by atoms with Gasteiger partial charge in [0.05, 0.1) is 0 Å². The molecule has 0 bridgehead atoms. The highest BCUT2D eigenvalue weighted by atomic mass is 16.1. The molecule has 0 saturated carbocycles. The van der Waals surface area contributed by atoms with Crippen molar-refractivity contribution < 1.29 is 9.59 Å². The first kappa shape index (κ1) is 18.0. The molecule has 0 unspecified atom stereocenters. The maximum Gasteiger partial charge on any atom is 0.220 e. The lowest BCUT2D eigenvalue weighted by Crippen LogP contribution is -2.50. The van der Waals surface area contributed by atoms with Crippen LogP contribution in [0.25, 0.3) is 0 Å². The first-order valence-electron chi connectivity index (χ1n) is 8.72. The third kappa shape index (κ3) is 8.74. The van der Waals surface area contributed by atoms with Crippen molar-refractivity contribution in [1.29, 1.82) is 0 Å². The second kappa shape index (κ2) is 11.6. The van der Waals surface area contributed by atoms with Gasteiger partial charge in [-0.3, -0.25) is 9.59 Å². The zero-order chi connectivity index (χ0) is 15.3. The number of unbranched alkanes of at least 4 members (excludes halogenated alkanes) is 8. The van der Waals surface area contributed by atoms with Crippen LogP contribution in [0, 0.1) is 5.92 Å². The Kier molecular flexibility index (Phi) is 9.92. The molecule has 0 spiro atoms. The first-order valence-corrected chi connectivity index (χ1v) is 8.72. The van der Waals surface area contributed by atoms with Gasteiger partial charge >= 0.3 is 0 Å². The topological polar surface area (TPSA) is 49.4 Å². The van der Waals surface area contributed by atoms with E-state index in [0.717, 1.165) is 32.5 Å². The van der Waals surface area contributed by atoms with E-state index in [-0.39, 0.29) is 5.91 Å². The summed E-state index contributed by atoms with van der Waals surface area (Å²) in [6.45, 7) is 4.55. The van der Waals surface area contributed by atoms with Gasteiger partial charge in [-0.2, -0.15) is 0 Å². The summed E-state index contributed by atoms with van der Waals surface area (Å²) in [5.74, 6) is 0.629. The van der Waals surface area contributed by atoms with E-state index in [2.05, 4.69) is 12.2 Å². The zero-order valence-corrected chi connectivity index (χ0v) is 13.6. The van der Waals surface area contributed by atoms with Crippen LogP contribution in [0.15, 0.2) is 0 Å². The summed E-state index contributed by atoms with van der Waals surface area (Å²) >= 11 is 0. The Balaban J connectivity index is 1.80. The Morgan fingerprint density at radius 3 is 2.19 bits per heavy atom. The van der Waals surface area contributed by atoms with Crippen molar-refractivity contribution in [2.45, 2.75) is 71.1 Å². The second-order valence-corrected chi connectivity index (χ2v) is 6.31. The standard InChI is InChI=1S/C17H32N2O2/c1-2-3-4-5-6-7-8-9-10-11-17(21)18-12-16-13-19(14-16)15-20/h15-16H,2-14H2,1H3,(H,18,21). The summed E-state index contributed by atoms with van der Waals surface area (Å²) in [7, 11) is 0. The molecule has 0 aromatic carbocycles. The lowest BCUT2D eigenvalue weighted by atomic mass is 10.0. The Morgan fingerprint density at radius 2 is 1.62 bits per heavy atom. The van der Waals surface area contributed by atoms with E-state index >= 15 is 0 Å². The third-order valence-corrected chi connectivity index (χ3v) is 4.23. The molecule has 4 heteroatoms. The minimum atomic E-state index is 0.169. The number of rotatable bonds is 13. The molecule has 1 aliphatic heterocycles. The van der Waals surface area contributed by atoms with Gasteiger partial charge in [0.15, 0.2) is 0 Å². The van der Waals surface area contributed by atoms with Gasteiger partial charge in [-0.05, 0) is 6.42 Å². The number of nitrogens with one attached hydrogen (secondary N) is 1. The Hall–Kier alpha value is -1.06. The highest BCUT2D eigenvalue weighted by Gasteiger charge is 2.25. The van der Waals surface area contributed by atoms with Crippen molar-refractivity contribution in [2.24, 2.45) is 5.92 Å². The van der Waals surface area contributed by atoms with E-state index < -0.39 is 0 Å². The molecular weight excluding hydrogens is 264 g/mol. The molecule has 1 saturated heterocycles. The fraction of sp³-hybridized carbons (Fsp3) is 0.882. The summed E-state index contributed by atoms with van der Waals surface area (Å²) < 4.78 is 0. The van der Waals surface area contributed by atoms with E-state index in [0.29, 0.717) is 12.3 Å². The Labute approximate surface area is 129 Å². The molecule has 1 heterocycles. The first-order chi connectivity index (χ1) is 10.3. The molecule has 0 aromatic heterocycles. The predicted octanol–water partition coefficient (Wildman–Crippen LogP) is 3.11. The largest absolute Gasteiger partial charge is 0.356 e. The van der Waals surface area contributed by atoms with Crippen LogP contribution < -0.4 is 5.32 Å². The third-order valence-electron chi connectivity index (χ3n) is 4.23. The Bertz CT molecular complexity index is 289.